The van der Waals surface area contributed by atoms with Crippen molar-refractivity contribution < 1.29 is 67.0 Å². The van der Waals surface area contributed by atoms with Gasteiger partial charge in [0.15, 0.2) is 0 Å². The van der Waals surface area contributed by atoms with Gasteiger partial charge in [-0.2, -0.15) is 43.9 Å². The van der Waals surface area contributed by atoms with Crippen LogP contribution in [0.1, 0.15) is 0 Å². The Bertz CT molecular complexity index is 457. The van der Waals surface area contributed by atoms with Crippen LogP contribution < -0.4 is 0 Å². The van der Waals surface area contributed by atoms with Crippen molar-refractivity contribution in [1.82, 2.24) is 0 Å². The molecule has 0 radical (unpaired) electrons. The number of carboxylic acids is 1. The highest BCUT2D eigenvalue weighted by Gasteiger charge is 2.89. The third-order valence-electron chi connectivity index (χ3n) is 2.44. The molecule has 1 N–H and O–H groups in total. The highest BCUT2D eigenvalue weighted by atomic mass is 19.4. The van der Waals surface area contributed by atoms with E-state index in [0.717, 1.165) is 0 Å². The minimum Gasteiger partial charge on any atom is -0.477 e. The molecule has 23 heavy (non-hydrogen) atoms. The van der Waals surface area contributed by atoms with Gasteiger partial charge in [0, 0.05) is 0 Å². The molecule has 0 aromatic carbocycles. The van der Waals surface area contributed by atoms with Gasteiger partial charge in [0.05, 0.1) is 0 Å². The molecule has 0 aromatic heterocycles. The zero-order valence-corrected chi connectivity index (χ0v) is 9.92. The average Bonchev–Trinajstić information content (AvgIpc) is 2.36. The molecule has 0 aliphatic rings. The molecule has 138 valence electrons. The molecule has 0 rings (SSSR count). The monoisotopic (exact) mass is 378 g/mol. The third-order valence-corrected chi connectivity index (χ3v) is 2.44. The van der Waals surface area contributed by atoms with Gasteiger partial charge in [0.25, 0.3) is 6.43 Å². The first-order valence-corrected chi connectivity index (χ1v) is 4.84. The van der Waals surface area contributed by atoms with Crippen molar-refractivity contribution in [3.8, 4) is 0 Å². The fourth-order valence-corrected chi connectivity index (χ4v) is 1.07. The Morgan fingerprint density at radius 2 is 1.04 bits per heavy atom. The van der Waals surface area contributed by atoms with Gasteiger partial charge in [-0.1, -0.05) is 0 Å². The first kappa shape index (κ1) is 21.6. The second-order valence-electron chi connectivity index (χ2n) is 3.96. The van der Waals surface area contributed by atoms with E-state index in [0.29, 0.717) is 0 Å². The van der Waals surface area contributed by atoms with Gasteiger partial charge >= 0.3 is 35.6 Å². The van der Waals surface area contributed by atoms with Crippen molar-refractivity contribution in [3.05, 3.63) is 0 Å². The van der Waals surface area contributed by atoms with E-state index in [1.54, 1.807) is 0 Å². The fourth-order valence-electron chi connectivity index (χ4n) is 1.07. The minimum atomic E-state index is -7.91. The molecule has 15 heteroatoms. The Morgan fingerprint density at radius 3 is 1.30 bits per heavy atom. The van der Waals surface area contributed by atoms with E-state index in [1.165, 1.54) is 0 Å². The van der Waals surface area contributed by atoms with Gasteiger partial charge in [-0.05, 0) is 0 Å². The SMILES string of the molecule is O=C(O)C(F)(F)C(F)(F)C(F)(F)C(F)(F)C(F)(F)C(F)C(F)F. The molecule has 0 heterocycles. The maximum Gasteiger partial charge on any atom is 0.410 e. The van der Waals surface area contributed by atoms with Crippen LogP contribution in [0, 0.1) is 0 Å². The molecule has 0 bridgehead atoms. The zero-order valence-electron chi connectivity index (χ0n) is 9.92. The van der Waals surface area contributed by atoms with Gasteiger partial charge in [0.2, 0.25) is 6.17 Å². The lowest BCUT2D eigenvalue weighted by Crippen LogP contribution is -2.70. The molecule has 1 unspecified atom stereocenters. The Labute approximate surface area is 116 Å². The summed E-state index contributed by atoms with van der Waals surface area (Å²) in [7, 11) is 0. The lowest BCUT2D eigenvalue weighted by molar-refractivity contribution is -0.405. The van der Waals surface area contributed by atoms with Gasteiger partial charge < -0.3 is 5.11 Å². The summed E-state index contributed by atoms with van der Waals surface area (Å²) in [5, 5.41) is 7.62. The molecule has 2 nitrogen and oxygen atoms in total. The molecule has 0 spiro atoms. The average molecular weight is 378 g/mol. The summed E-state index contributed by atoms with van der Waals surface area (Å²) in [6, 6.07) is 0. The number of carboxylic acid groups (broad SMARTS) is 1. The Balaban J connectivity index is 6.22. The van der Waals surface area contributed by atoms with Crippen LogP contribution in [0.4, 0.5) is 57.1 Å². The zero-order chi connectivity index (χ0) is 19.2. The number of alkyl halides is 13. The summed E-state index contributed by atoms with van der Waals surface area (Å²) in [5.74, 6) is -41.7. The Morgan fingerprint density at radius 1 is 0.696 bits per heavy atom. The van der Waals surface area contributed by atoms with E-state index in [9.17, 15) is 61.9 Å². The number of halogens is 13. The maximum absolute atomic E-state index is 12.8. The predicted octanol–water partition coefficient (Wildman–Crippen LogP) is 3.85. The van der Waals surface area contributed by atoms with E-state index in [2.05, 4.69) is 0 Å². The lowest BCUT2D eigenvalue weighted by Gasteiger charge is -2.38. The predicted molar refractivity (Wildman–Crippen MR) is 43.3 cm³/mol. The van der Waals surface area contributed by atoms with E-state index in [4.69, 9.17) is 5.11 Å². The highest BCUT2D eigenvalue weighted by molar-refractivity contribution is 5.77. The molecule has 0 aromatic rings. The van der Waals surface area contributed by atoms with Crippen LogP contribution in [0.25, 0.3) is 0 Å². The highest BCUT2D eigenvalue weighted by Crippen LogP contribution is 2.58. The summed E-state index contributed by atoms with van der Waals surface area (Å²) in [6.07, 6.45) is -10.5. The topological polar surface area (TPSA) is 37.3 Å². The lowest BCUT2D eigenvalue weighted by atomic mass is 9.92. The number of hydrogen-bond acceptors (Lipinski definition) is 1. The number of aliphatic carboxylic acids is 1. The third kappa shape index (κ3) is 2.77. The van der Waals surface area contributed by atoms with Crippen LogP contribution >= 0.6 is 0 Å². The van der Waals surface area contributed by atoms with Crippen molar-refractivity contribution in [3.63, 3.8) is 0 Å². The van der Waals surface area contributed by atoms with Crippen molar-refractivity contribution in [2.24, 2.45) is 0 Å². The molecule has 0 saturated heterocycles. The van der Waals surface area contributed by atoms with Gasteiger partial charge in [-0.15, -0.1) is 0 Å². The summed E-state index contributed by atoms with van der Waals surface area (Å²) < 4.78 is 162. The molecule has 0 fully saturated rings. The first-order chi connectivity index (χ1) is 9.80. The summed E-state index contributed by atoms with van der Waals surface area (Å²) in [5.41, 5.74) is 0. The van der Waals surface area contributed by atoms with Gasteiger partial charge in [-0.3, -0.25) is 0 Å². The van der Waals surface area contributed by atoms with Gasteiger partial charge in [0.1, 0.15) is 0 Å². The van der Waals surface area contributed by atoms with E-state index in [1.807, 2.05) is 0 Å². The van der Waals surface area contributed by atoms with E-state index in [-0.39, 0.29) is 0 Å². The quantitative estimate of drug-likeness (QED) is 0.684. The van der Waals surface area contributed by atoms with Crippen LogP contribution in [0.5, 0.6) is 0 Å². The van der Waals surface area contributed by atoms with Crippen molar-refractivity contribution in [2.75, 3.05) is 0 Å². The summed E-state index contributed by atoms with van der Waals surface area (Å²) in [6.45, 7) is 0. The standard InChI is InChI=1S/C8H3F13O2/c9-1(2(10)11)4(12,13)6(16,17)8(20,21)7(18,19)5(14,15)3(22)23/h1-2H,(H,22,23). The smallest absolute Gasteiger partial charge is 0.410 e. The number of carbonyl (C=O) groups is 1. The fraction of sp³-hybridized carbons (Fsp3) is 0.875. The van der Waals surface area contributed by atoms with Gasteiger partial charge in [-0.25, -0.2) is 18.0 Å². The molecule has 0 saturated carbocycles. The Hall–Kier alpha value is -1.44. The number of rotatable bonds is 7. The van der Waals surface area contributed by atoms with E-state index < -0.39 is 48.2 Å². The van der Waals surface area contributed by atoms with Crippen LogP contribution in [-0.2, 0) is 4.79 Å². The molecule has 0 aliphatic carbocycles. The molecule has 0 aliphatic heterocycles. The van der Waals surface area contributed by atoms with Crippen LogP contribution in [0.3, 0.4) is 0 Å². The van der Waals surface area contributed by atoms with Crippen molar-refractivity contribution in [2.45, 2.75) is 42.2 Å². The maximum atomic E-state index is 12.8. The van der Waals surface area contributed by atoms with Crippen LogP contribution in [0.2, 0.25) is 0 Å². The minimum absolute atomic E-state index is 4.10. The largest absolute Gasteiger partial charge is 0.477 e. The normalized spacial score (nSPS) is 16.6. The molecule has 1 atom stereocenters. The van der Waals surface area contributed by atoms with E-state index >= 15 is 0 Å². The van der Waals surface area contributed by atoms with Crippen molar-refractivity contribution in [1.29, 1.82) is 0 Å². The second-order valence-corrected chi connectivity index (χ2v) is 3.96. The Kier molecular flexibility index (Phi) is 5.23. The molecule has 0 amide bonds. The molecular formula is C8H3F13O2. The first-order valence-electron chi connectivity index (χ1n) is 4.84. The number of hydrogen-bond donors (Lipinski definition) is 1. The van der Waals surface area contributed by atoms with Crippen LogP contribution in [0.15, 0.2) is 0 Å². The van der Waals surface area contributed by atoms with Crippen LogP contribution in [-0.4, -0.2) is 53.3 Å². The molecular weight excluding hydrogens is 375 g/mol. The summed E-state index contributed by atoms with van der Waals surface area (Å²) >= 11 is 0. The second kappa shape index (κ2) is 5.58. The summed E-state index contributed by atoms with van der Waals surface area (Å²) in [4.78, 5) is 9.74. The van der Waals surface area contributed by atoms with Crippen molar-refractivity contribution >= 4 is 5.97 Å².